The third kappa shape index (κ3) is 4.53. The van der Waals surface area contributed by atoms with Crippen LogP contribution < -0.4 is 14.8 Å². The summed E-state index contributed by atoms with van der Waals surface area (Å²) < 4.78 is 15.5. The molecule has 2 aromatic rings. The number of hydrogen-bond acceptors (Lipinski definition) is 6. The summed E-state index contributed by atoms with van der Waals surface area (Å²) in [7, 11) is 4.45. The van der Waals surface area contributed by atoms with Gasteiger partial charge in [-0.15, -0.1) is 11.3 Å². The summed E-state index contributed by atoms with van der Waals surface area (Å²) in [5, 5.41) is 5.12. The number of amides is 2. The zero-order chi connectivity index (χ0) is 21.7. The first-order valence-corrected chi connectivity index (χ1v) is 10.8. The minimum absolute atomic E-state index is 0.0199. The standard InChI is InChI=1S/C22H28N2O5S/c1-5-17-15-9-11-30-20(15)8-10-24(17)22(26)23-16(13-21(25)29-4)14-6-7-18(27-2)19(12-14)28-3/h6-7,9,11-12,16-17H,5,8,10,13H2,1-4H3,(H,23,26)/t16-,17+/m0/s1. The van der Waals surface area contributed by atoms with Gasteiger partial charge in [-0.05, 0) is 47.5 Å². The summed E-state index contributed by atoms with van der Waals surface area (Å²) in [6.07, 6.45) is 1.69. The number of thiophene rings is 1. The maximum atomic E-state index is 13.2. The number of fused-ring (bicyclic) bond motifs is 1. The highest BCUT2D eigenvalue weighted by Crippen LogP contribution is 2.36. The highest BCUT2D eigenvalue weighted by molar-refractivity contribution is 7.10. The maximum Gasteiger partial charge on any atom is 0.318 e. The number of rotatable bonds is 7. The van der Waals surface area contributed by atoms with Crippen LogP contribution in [0.1, 0.15) is 47.9 Å². The number of nitrogens with one attached hydrogen (secondary N) is 1. The summed E-state index contributed by atoms with van der Waals surface area (Å²) in [6.45, 7) is 2.73. The second kappa shape index (κ2) is 9.84. The van der Waals surface area contributed by atoms with Crippen molar-refractivity contribution in [1.29, 1.82) is 0 Å². The van der Waals surface area contributed by atoms with E-state index in [1.165, 1.54) is 17.6 Å². The Morgan fingerprint density at radius 2 is 1.97 bits per heavy atom. The predicted octanol–water partition coefficient (Wildman–Crippen LogP) is 4.09. The van der Waals surface area contributed by atoms with Crippen molar-refractivity contribution in [3.8, 4) is 11.5 Å². The Morgan fingerprint density at radius 3 is 2.63 bits per heavy atom. The molecule has 30 heavy (non-hydrogen) atoms. The third-order valence-corrected chi connectivity index (χ3v) is 6.45. The Hall–Kier alpha value is -2.74. The second-order valence-electron chi connectivity index (χ2n) is 7.06. The van der Waals surface area contributed by atoms with Crippen LogP contribution >= 0.6 is 11.3 Å². The van der Waals surface area contributed by atoms with Gasteiger partial charge in [0.1, 0.15) is 0 Å². The zero-order valence-electron chi connectivity index (χ0n) is 17.8. The van der Waals surface area contributed by atoms with Gasteiger partial charge in [-0.2, -0.15) is 0 Å². The van der Waals surface area contributed by atoms with Crippen LogP contribution in [0.15, 0.2) is 29.6 Å². The normalized spacial score (nSPS) is 16.4. The minimum Gasteiger partial charge on any atom is -0.493 e. The van der Waals surface area contributed by atoms with Gasteiger partial charge in [0.05, 0.1) is 39.8 Å². The molecule has 2 amide bonds. The summed E-state index contributed by atoms with van der Waals surface area (Å²) in [5.41, 5.74) is 1.97. The molecule has 1 aliphatic rings. The molecule has 1 aromatic carbocycles. The van der Waals surface area contributed by atoms with Gasteiger partial charge in [0.2, 0.25) is 0 Å². The van der Waals surface area contributed by atoms with Crippen LogP contribution in [0.2, 0.25) is 0 Å². The monoisotopic (exact) mass is 432 g/mol. The molecular weight excluding hydrogens is 404 g/mol. The number of ether oxygens (including phenoxy) is 3. The first-order chi connectivity index (χ1) is 14.5. The van der Waals surface area contributed by atoms with Crippen molar-refractivity contribution in [3.05, 3.63) is 45.6 Å². The highest BCUT2D eigenvalue weighted by Gasteiger charge is 2.32. The molecule has 1 aliphatic heterocycles. The quantitative estimate of drug-likeness (QED) is 0.667. The summed E-state index contributed by atoms with van der Waals surface area (Å²) in [5.74, 6) is 0.712. The number of nitrogens with zero attached hydrogens (tertiary/aromatic N) is 1. The van der Waals surface area contributed by atoms with Gasteiger partial charge in [-0.1, -0.05) is 13.0 Å². The largest absolute Gasteiger partial charge is 0.493 e. The van der Waals surface area contributed by atoms with Crippen LogP contribution in [0.3, 0.4) is 0 Å². The van der Waals surface area contributed by atoms with Gasteiger partial charge in [0, 0.05) is 11.4 Å². The summed E-state index contributed by atoms with van der Waals surface area (Å²) in [6, 6.07) is 6.75. The van der Waals surface area contributed by atoms with Crippen LogP contribution in [0.5, 0.6) is 11.5 Å². The van der Waals surface area contributed by atoms with E-state index >= 15 is 0 Å². The maximum absolute atomic E-state index is 13.2. The Morgan fingerprint density at radius 1 is 1.20 bits per heavy atom. The molecule has 0 bridgehead atoms. The number of carbonyl (C=O) groups excluding carboxylic acids is 2. The van der Waals surface area contributed by atoms with Crippen LogP contribution in [-0.2, 0) is 16.0 Å². The Kier molecular flexibility index (Phi) is 7.20. The van der Waals surface area contributed by atoms with Crippen molar-refractivity contribution in [2.45, 2.75) is 38.3 Å². The first-order valence-electron chi connectivity index (χ1n) is 9.94. The molecular formula is C22H28N2O5S. The Labute approximate surface area is 180 Å². The number of hydrogen-bond donors (Lipinski definition) is 1. The average Bonchev–Trinajstić information content (AvgIpc) is 3.26. The molecule has 0 fully saturated rings. The van der Waals surface area contributed by atoms with E-state index in [9.17, 15) is 9.59 Å². The molecule has 162 valence electrons. The van der Waals surface area contributed by atoms with Gasteiger partial charge in [0.15, 0.2) is 11.5 Å². The molecule has 1 N–H and O–H groups in total. The molecule has 0 spiro atoms. The van der Waals surface area contributed by atoms with E-state index in [0.29, 0.717) is 18.0 Å². The Bertz CT molecular complexity index is 897. The molecule has 2 atom stereocenters. The fourth-order valence-electron chi connectivity index (χ4n) is 3.88. The Balaban J connectivity index is 1.85. The first kappa shape index (κ1) is 22.0. The molecule has 0 radical (unpaired) electrons. The lowest BCUT2D eigenvalue weighted by Crippen LogP contribution is -2.46. The molecule has 8 heteroatoms. The van der Waals surface area contributed by atoms with Gasteiger partial charge in [-0.25, -0.2) is 4.79 Å². The molecule has 0 saturated carbocycles. The van der Waals surface area contributed by atoms with Gasteiger partial charge in [-0.3, -0.25) is 4.79 Å². The lowest BCUT2D eigenvalue weighted by Gasteiger charge is -2.36. The smallest absolute Gasteiger partial charge is 0.318 e. The van der Waals surface area contributed by atoms with E-state index in [1.807, 2.05) is 11.0 Å². The number of carbonyl (C=O) groups is 2. The van der Waals surface area contributed by atoms with Gasteiger partial charge >= 0.3 is 12.0 Å². The van der Waals surface area contributed by atoms with E-state index in [-0.39, 0.29) is 18.5 Å². The van der Waals surface area contributed by atoms with Crippen LogP contribution in [0, 0.1) is 0 Å². The van der Waals surface area contributed by atoms with Crippen molar-refractivity contribution in [1.82, 2.24) is 10.2 Å². The van der Waals surface area contributed by atoms with E-state index in [4.69, 9.17) is 14.2 Å². The second-order valence-corrected chi connectivity index (χ2v) is 8.06. The highest BCUT2D eigenvalue weighted by atomic mass is 32.1. The lowest BCUT2D eigenvalue weighted by molar-refractivity contribution is -0.141. The number of benzene rings is 1. The molecule has 1 aromatic heterocycles. The fraction of sp³-hybridized carbons (Fsp3) is 0.455. The van der Waals surface area contributed by atoms with Crippen molar-refractivity contribution in [2.75, 3.05) is 27.9 Å². The SMILES string of the molecule is CC[C@@H]1c2ccsc2CCN1C(=O)N[C@@H](CC(=O)OC)c1ccc(OC)c(OC)c1. The summed E-state index contributed by atoms with van der Waals surface area (Å²) in [4.78, 5) is 28.5. The van der Waals surface area contributed by atoms with Crippen molar-refractivity contribution in [3.63, 3.8) is 0 Å². The topological polar surface area (TPSA) is 77.1 Å². The molecule has 3 rings (SSSR count). The summed E-state index contributed by atoms with van der Waals surface area (Å²) >= 11 is 1.74. The third-order valence-electron chi connectivity index (χ3n) is 5.45. The van der Waals surface area contributed by atoms with E-state index in [1.54, 1.807) is 37.7 Å². The molecule has 0 unspecified atom stereocenters. The molecule has 7 nitrogen and oxygen atoms in total. The van der Waals surface area contributed by atoms with E-state index in [0.717, 1.165) is 18.4 Å². The molecule has 0 aliphatic carbocycles. The molecule has 2 heterocycles. The van der Waals surface area contributed by atoms with Crippen LogP contribution in [0.4, 0.5) is 4.79 Å². The van der Waals surface area contributed by atoms with Crippen molar-refractivity contribution >= 4 is 23.3 Å². The van der Waals surface area contributed by atoms with Crippen LogP contribution in [0.25, 0.3) is 0 Å². The zero-order valence-corrected chi connectivity index (χ0v) is 18.6. The number of urea groups is 1. The van der Waals surface area contributed by atoms with Crippen molar-refractivity contribution < 1.29 is 23.8 Å². The fourth-order valence-corrected chi connectivity index (χ4v) is 4.81. The van der Waals surface area contributed by atoms with Crippen LogP contribution in [-0.4, -0.2) is 44.8 Å². The average molecular weight is 433 g/mol. The van der Waals surface area contributed by atoms with E-state index in [2.05, 4.69) is 23.7 Å². The van der Waals surface area contributed by atoms with E-state index < -0.39 is 12.0 Å². The lowest BCUT2D eigenvalue weighted by atomic mass is 9.98. The molecule has 0 saturated heterocycles. The van der Waals surface area contributed by atoms with Gasteiger partial charge in [0.25, 0.3) is 0 Å². The van der Waals surface area contributed by atoms with Gasteiger partial charge < -0.3 is 24.4 Å². The van der Waals surface area contributed by atoms with Crippen molar-refractivity contribution in [2.24, 2.45) is 0 Å². The minimum atomic E-state index is -0.550. The predicted molar refractivity (Wildman–Crippen MR) is 115 cm³/mol. The number of methoxy groups -OCH3 is 3. The number of esters is 1.